The summed E-state index contributed by atoms with van der Waals surface area (Å²) in [5.41, 5.74) is 0.459. The third-order valence-corrected chi connectivity index (χ3v) is 5.01. The fourth-order valence-electron chi connectivity index (χ4n) is 1.93. The van der Waals surface area contributed by atoms with Crippen LogP contribution < -0.4 is 4.74 Å². The highest BCUT2D eigenvalue weighted by Crippen LogP contribution is 2.24. The Labute approximate surface area is 126 Å². The number of likely N-dealkylation sites (N-methyl/N-ethyl adjacent to an activating group) is 1. The molecule has 0 aliphatic rings. The number of aliphatic hydroxyl groups is 1. The van der Waals surface area contributed by atoms with Crippen molar-refractivity contribution in [2.75, 3.05) is 33.4 Å². The van der Waals surface area contributed by atoms with Crippen molar-refractivity contribution in [3.05, 3.63) is 23.8 Å². The minimum atomic E-state index is -3.60. The zero-order chi connectivity index (χ0) is 15.9. The molecule has 0 heterocycles. The summed E-state index contributed by atoms with van der Waals surface area (Å²) in [6.45, 7) is 4.75. The fourth-order valence-corrected chi connectivity index (χ4v) is 3.41. The van der Waals surface area contributed by atoms with Gasteiger partial charge in [0.15, 0.2) is 0 Å². The molecule has 1 aromatic rings. The van der Waals surface area contributed by atoms with Gasteiger partial charge >= 0.3 is 0 Å². The first-order valence-electron chi connectivity index (χ1n) is 6.86. The van der Waals surface area contributed by atoms with Crippen molar-refractivity contribution < 1.29 is 23.0 Å². The average molecular weight is 317 g/mol. The van der Waals surface area contributed by atoms with Gasteiger partial charge in [0.25, 0.3) is 0 Å². The van der Waals surface area contributed by atoms with Crippen LogP contribution in [0.15, 0.2) is 23.1 Å². The van der Waals surface area contributed by atoms with Crippen molar-refractivity contribution in [1.29, 1.82) is 0 Å². The van der Waals surface area contributed by atoms with Crippen molar-refractivity contribution >= 4 is 10.0 Å². The highest BCUT2D eigenvalue weighted by Gasteiger charge is 2.23. The summed E-state index contributed by atoms with van der Waals surface area (Å²) in [5.74, 6) is 0.499. The Morgan fingerprint density at radius 3 is 2.52 bits per heavy atom. The molecule has 0 saturated carbocycles. The third-order valence-electron chi connectivity index (χ3n) is 3.04. The summed E-state index contributed by atoms with van der Waals surface area (Å²) < 4.78 is 36.7. The topological polar surface area (TPSA) is 76.1 Å². The lowest BCUT2D eigenvalue weighted by Crippen LogP contribution is -2.33. The van der Waals surface area contributed by atoms with Crippen LogP contribution in [0.1, 0.15) is 19.4 Å². The van der Waals surface area contributed by atoms with E-state index in [-0.39, 0.29) is 18.0 Å². The first kappa shape index (κ1) is 17.9. The first-order chi connectivity index (χ1) is 10.0. The number of hydrogen-bond acceptors (Lipinski definition) is 5. The summed E-state index contributed by atoms with van der Waals surface area (Å²) in [7, 11) is -2.07. The molecule has 0 aliphatic carbocycles. The molecule has 21 heavy (non-hydrogen) atoms. The van der Waals surface area contributed by atoms with Gasteiger partial charge in [-0.1, -0.05) is 6.92 Å². The third kappa shape index (κ3) is 4.41. The van der Waals surface area contributed by atoms with Crippen LogP contribution in [0, 0.1) is 0 Å². The standard InChI is InChI=1S/C14H23NO5S/c1-4-15(8-9-19-3)21(17,18)13-6-7-14(20-5-2)12(10-13)11-16/h6-7,10,16H,4-5,8-9,11H2,1-3H3. The number of rotatable bonds is 9. The van der Waals surface area contributed by atoms with E-state index in [9.17, 15) is 13.5 Å². The lowest BCUT2D eigenvalue weighted by Gasteiger charge is -2.21. The molecule has 1 N–H and O–H groups in total. The van der Waals surface area contributed by atoms with E-state index in [0.717, 1.165) is 0 Å². The average Bonchev–Trinajstić information content (AvgIpc) is 2.48. The van der Waals surface area contributed by atoms with E-state index in [1.165, 1.54) is 23.5 Å². The maximum atomic E-state index is 12.6. The van der Waals surface area contributed by atoms with E-state index in [0.29, 0.717) is 31.1 Å². The minimum absolute atomic E-state index is 0.146. The van der Waals surface area contributed by atoms with Crippen LogP contribution in [-0.4, -0.2) is 51.2 Å². The van der Waals surface area contributed by atoms with Gasteiger partial charge in [0, 0.05) is 25.8 Å². The molecule has 0 radical (unpaired) electrons. The Hall–Kier alpha value is -1.15. The second-order valence-electron chi connectivity index (χ2n) is 4.35. The number of sulfonamides is 1. The van der Waals surface area contributed by atoms with Gasteiger partial charge in [-0.3, -0.25) is 0 Å². The van der Waals surface area contributed by atoms with Crippen molar-refractivity contribution in [3.63, 3.8) is 0 Å². The van der Waals surface area contributed by atoms with Gasteiger partial charge in [-0.15, -0.1) is 0 Å². The molecule has 0 aliphatic heterocycles. The quantitative estimate of drug-likeness (QED) is 0.741. The number of hydrogen-bond donors (Lipinski definition) is 1. The summed E-state index contributed by atoms with van der Waals surface area (Å²) >= 11 is 0. The molecule has 0 bridgehead atoms. The first-order valence-corrected chi connectivity index (χ1v) is 8.30. The zero-order valence-electron chi connectivity index (χ0n) is 12.7. The molecule has 0 saturated heterocycles. The molecule has 120 valence electrons. The van der Waals surface area contributed by atoms with Gasteiger partial charge in [0.05, 0.1) is 24.7 Å². The largest absolute Gasteiger partial charge is 0.494 e. The number of aliphatic hydroxyl groups excluding tert-OH is 1. The van der Waals surface area contributed by atoms with Gasteiger partial charge in [-0.25, -0.2) is 8.42 Å². The van der Waals surface area contributed by atoms with Gasteiger partial charge in [0.1, 0.15) is 5.75 Å². The van der Waals surface area contributed by atoms with Crippen LogP contribution in [0.25, 0.3) is 0 Å². The van der Waals surface area contributed by atoms with E-state index in [4.69, 9.17) is 9.47 Å². The van der Waals surface area contributed by atoms with Crippen molar-refractivity contribution in [1.82, 2.24) is 4.31 Å². The maximum absolute atomic E-state index is 12.6. The SMILES string of the molecule is CCOc1ccc(S(=O)(=O)N(CC)CCOC)cc1CO. The van der Waals surface area contributed by atoms with E-state index in [2.05, 4.69) is 0 Å². The van der Waals surface area contributed by atoms with Crippen molar-refractivity contribution in [2.45, 2.75) is 25.3 Å². The van der Waals surface area contributed by atoms with E-state index >= 15 is 0 Å². The molecule has 1 aromatic carbocycles. The Kier molecular flexibility index (Phi) is 7.10. The maximum Gasteiger partial charge on any atom is 0.243 e. The summed E-state index contributed by atoms with van der Waals surface area (Å²) in [5, 5.41) is 9.36. The lowest BCUT2D eigenvalue weighted by molar-refractivity contribution is 0.180. The van der Waals surface area contributed by atoms with Crippen LogP contribution in [0.4, 0.5) is 0 Å². The lowest BCUT2D eigenvalue weighted by atomic mass is 10.2. The molecule has 7 heteroatoms. The van der Waals surface area contributed by atoms with Crippen molar-refractivity contribution in [3.8, 4) is 5.75 Å². The minimum Gasteiger partial charge on any atom is -0.494 e. The Morgan fingerprint density at radius 1 is 1.29 bits per heavy atom. The molecule has 0 fully saturated rings. The van der Waals surface area contributed by atoms with E-state index < -0.39 is 10.0 Å². The number of ether oxygens (including phenoxy) is 2. The number of nitrogens with zero attached hydrogens (tertiary/aromatic N) is 1. The Bertz CT molecular complexity index is 544. The Balaban J connectivity index is 3.12. The van der Waals surface area contributed by atoms with Crippen molar-refractivity contribution in [2.24, 2.45) is 0 Å². The van der Waals surface area contributed by atoms with Crippen LogP contribution in [0.5, 0.6) is 5.75 Å². The predicted octanol–water partition coefficient (Wildman–Crippen LogP) is 1.23. The van der Waals surface area contributed by atoms with Crippen LogP contribution in [0.2, 0.25) is 0 Å². The second-order valence-corrected chi connectivity index (χ2v) is 6.29. The highest BCUT2D eigenvalue weighted by atomic mass is 32.2. The molecule has 6 nitrogen and oxygen atoms in total. The number of benzene rings is 1. The van der Waals surface area contributed by atoms with E-state index in [1.54, 1.807) is 13.0 Å². The Morgan fingerprint density at radius 2 is 2.00 bits per heavy atom. The molecule has 0 unspecified atom stereocenters. The molecular weight excluding hydrogens is 294 g/mol. The summed E-state index contributed by atoms with van der Waals surface area (Å²) in [6, 6.07) is 4.52. The normalized spacial score (nSPS) is 11.9. The zero-order valence-corrected chi connectivity index (χ0v) is 13.5. The predicted molar refractivity (Wildman–Crippen MR) is 79.8 cm³/mol. The smallest absolute Gasteiger partial charge is 0.243 e. The number of methoxy groups -OCH3 is 1. The second kappa shape index (κ2) is 8.33. The van der Waals surface area contributed by atoms with Crippen LogP contribution in [-0.2, 0) is 21.4 Å². The molecule has 0 spiro atoms. The van der Waals surface area contributed by atoms with Gasteiger partial charge in [-0.05, 0) is 25.1 Å². The van der Waals surface area contributed by atoms with Crippen LogP contribution in [0.3, 0.4) is 0 Å². The molecular formula is C14H23NO5S. The van der Waals surface area contributed by atoms with Gasteiger partial charge in [-0.2, -0.15) is 4.31 Å². The van der Waals surface area contributed by atoms with Gasteiger partial charge < -0.3 is 14.6 Å². The van der Waals surface area contributed by atoms with Crippen LogP contribution >= 0.6 is 0 Å². The molecule has 0 aromatic heterocycles. The fraction of sp³-hybridized carbons (Fsp3) is 0.571. The summed E-state index contributed by atoms with van der Waals surface area (Å²) in [4.78, 5) is 0.146. The van der Waals surface area contributed by atoms with E-state index in [1.807, 2.05) is 6.92 Å². The molecule has 0 atom stereocenters. The summed E-state index contributed by atoms with van der Waals surface area (Å²) in [6.07, 6.45) is 0. The molecule has 1 rings (SSSR count). The molecule has 0 amide bonds. The van der Waals surface area contributed by atoms with Gasteiger partial charge in [0.2, 0.25) is 10.0 Å². The highest BCUT2D eigenvalue weighted by molar-refractivity contribution is 7.89. The monoisotopic (exact) mass is 317 g/mol.